The third kappa shape index (κ3) is 7.73. The van der Waals surface area contributed by atoms with Crippen molar-refractivity contribution in [1.29, 1.82) is 0 Å². The van der Waals surface area contributed by atoms with Crippen LogP contribution in [0.25, 0.3) is 0 Å². The smallest absolute Gasteiger partial charge is 0.142 e. The normalized spacial score (nSPS) is 15.2. The first-order valence-electron chi connectivity index (χ1n) is 8.14. The molecule has 1 N–H and O–H groups in total. The Morgan fingerprint density at radius 3 is 2.50 bits per heavy atom. The highest BCUT2D eigenvalue weighted by Crippen LogP contribution is 2.16. The number of hydrogen-bond acceptors (Lipinski definition) is 5. The van der Waals surface area contributed by atoms with Crippen molar-refractivity contribution in [3.63, 3.8) is 0 Å². The van der Waals surface area contributed by atoms with E-state index in [2.05, 4.69) is 0 Å². The van der Waals surface area contributed by atoms with E-state index in [-0.39, 0.29) is 12.0 Å². The molecular formula is C19H28O5. The van der Waals surface area contributed by atoms with Crippen molar-refractivity contribution in [2.45, 2.75) is 38.6 Å². The van der Waals surface area contributed by atoms with Gasteiger partial charge in [0.1, 0.15) is 12.0 Å². The van der Waals surface area contributed by atoms with Crippen molar-refractivity contribution in [2.75, 3.05) is 20.8 Å². The number of hydrogen-bond donors (Lipinski definition) is 1. The van der Waals surface area contributed by atoms with Crippen molar-refractivity contribution in [3.8, 4) is 5.75 Å². The van der Waals surface area contributed by atoms with Gasteiger partial charge >= 0.3 is 0 Å². The van der Waals surface area contributed by atoms with Gasteiger partial charge in [0, 0.05) is 26.1 Å². The second-order valence-electron chi connectivity index (χ2n) is 5.73. The fourth-order valence-corrected chi connectivity index (χ4v) is 2.29. The highest BCUT2D eigenvalue weighted by Gasteiger charge is 2.18. The first-order valence-corrected chi connectivity index (χ1v) is 8.14. The minimum absolute atomic E-state index is 0.0806. The minimum Gasteiger partial charge on any atom is -0.497 e. The second-order valence-corrected chi connectivity index (χ2v) is 5.73. The average Bonchev–Trinajstić information content (AvgIpc) is 2.62. The number of ether oxygens (including phenoxy) is 3. The summed E-state index contributed by atoms with van der Waals surface area (Å²) in [6.45, 7) is 2.95. The van der Waals surface area contributed by atoms with E-state index in [1.54, 1.807) is 20.3 Å². The first-order chi connectivity index (χ1) is 11.6. The summed E-state index contributed by atoms with van der Waals surface area (Å²) in [6, 6.07) is 7.75. The highest BCUT2D eigenvalue weighted by molar-refractivity contribution is 5.64. The van der Waals surface area contributed by atoms with E-state index >= 15 is 0 Å². The van der Waals surface area contributed by atoms with E-state index in [0.717, 1.165) is 11.3 Å². The van der Waals surface area contributed by atoms with Crippen LogP contribution in [0.4, 0.5) is 0 Å². The van der Waals surface area contributed by atoms with Gasteiger partial charge in [0.25, 0.3) is 0 Å². The van der Waals surface area contributed by atoms with Crippen LogP contribution in [0, 0.1) is 5.92 Å². The molecule has 5 heteroatoms. The molecule has 1 aromatic rings. The molecule has 3 atom stereocenters. The van der Waals surface area contributed by atoms with Crippen LogP contribution in [0.1, 0.15) is 25.3 Å². The summed E-state index contributed by atoms with van der Waals surface area (Å²) < 4.78 is 16.2. The molecule has 24 heavy (non-hydrogen) atoms. The van der Waals surface area contributed by atoms with Crippen LogP contribution in [0.2, 0.25) is 0 Å². The molecule has 0 saturated carbocycles. The molecule has 0 saturated heterocycles. The van der Waals surface area contributed by atoms with Gasteiger partial charge in [-0.15, -0.1) is 0 Å². The zero-order valence-electron chi connectivity index (χ0n) is 14.7. The number of benzene rings is 1. The van der Waals surface area contributed by atoms with Gasteiger partial charge in [-0.1, -0.05) is 25.1 Å². The van der Waals surface area contributed by atoms with Gasteiger partial charge in [-0.05, 0) is 30.2 Å². The predicted molar refractivity (Wildman–Crippen MR) is 93.1 cm³/mol. The fraction of sp³-hybridized carbons (Fsp3) is 0.526. The first kappa shape index (κ1) is 20.4. The Kier molecular flexibility index (Phi) is 10.00. The minimum atomic E-state index is -0.548. The molecule has 0 amide bonds. The molecule has 0 unspecified atom stereocenters. The lowest BCUT2D eigenvalue weighted by Gasteiger charge is -2.21. The predicted octanol–water partition coefficient (Wildman–Crippen LogP) is 2.76. The molecule has 0 aromatic heterocycles. The summed E-state index contributed by atoms with van der Waals surface area (Å²) in [5, 5.41) is 10.1. The van der Waals surface area contributed by atoms with Crippen LogP contribution >= 0.6 is 0 Å². The van der Waals surface area contributed by atoms with Gasteiger partial charge in [0.15, 0.2) is 0 Å². The van der Waals surface area contributed by atoms with Crippen LogP contribution in [0.5, 0.6) is 5.75 Å². The Balaban J connectivity index is 2.30. The third-order valence-electron chi connectivity index (χ3n) is 3.95. The number of carbonyl (C=O) groups excluding carboxylic acids is 1. The summed E-state index contributed by atoms with van der Waals surface area (Å²) in [5.74, 6) is 0.734. The Hall–Kier alpha value is -1.69. The number of aldehydes is 1. The topological polar surface area (TPSA) is 65.0 Å². The maximum atomic E-state index is 10.3. The van der Waals surface area contributed by atoms with Crippen LogP contribution in [0.3, 0.4) is 0 Å². The molecule has 0 aliphatic carbocycles. The summed E-state index contributed by atoms with van der Waals surface area (Å²) in [6.07, 6.45) is 4.40. The number of rotatable bonds is 12. The summed E-state index contributed by atoms with van der Waals surface area (Å²) >= 11 is 0. The van der Waals surface area contributed by atoms with Crippen molar-refractivity contribution in [1.82, 2.24) is 0 Å². The zero-order chi connectivity index (χ0) is 17.8. The van der Waals surface area contributed by atoms with E-state index in [9.17, 15) is 9.90 Å². The van der Waals surface area contributed by atoms with Crippen LogP contribution in [0.15, 0.2) is 36.4 Å². The molecule has 1 aromatic carbocycles. The van der Waals surface area contributed by atoms with Gasteiger partial charge in [-0.2, -0.15) is 0 Å². The Labute approximate surface area is 144 Å². The highest BCUT2D eigenvalue weighted by atomic mass is 16.5. The second kappa shape index (κ2) is 11.8. The molecule has 0 aliphatic heterocycles. The number of carbonyl (C=O) groups is 1. The van der Waals surface area contributed by atoms with Crippen LogP contribution < -0.4 is 4.74 Å². The fourth-order valence-electron chi connectivity index (χ4n) is 2.29. The lowest BCUT2D eigenvalue weighted by atomic mass is 9.97. The zero-order valence-corrected chi connectivity index (χ0v) is 14.7. The number of aliphatic hydroxyl groups excluding tert-OH is 1. The summed E-state index contributed by atoms with van der Waals surface area (Å²) in [7, 11) is 3.27. The molecule has 5 nitrogen and oxygen atoms in total. The van der Waals surface area contributed by atoms with Gasteiger partial charge in [-0.3, -0.25) is 4.79 Å². The molecule has 134 valence electrons. The monoisotopic (exact) mass is 336 g/mol. The number of aliphatic hydroxyl groups is 1. The van der Waals surface area contributed by atoms with E-state index in [1.807, 2.05) is 31.2 Å². The summed E-state index contributed by atoms with van der Waals surface area (Å²) in [4.78, 5) is 10.3. The van der Waals surface area contributed by atoms with Gasteiger partial charge < -0.3 is 19.3 Å². The molecule has 0 spiro atoms. The van der Waals surface area contributed by atoms with Crippen molar-refractivity contribution >= 4 is 6.29 Å². The van der Waals surface area contributed by atoms with E-state index in [1.165, 1.54) is 6.08 Å². The maximum absolute atomic E-state index is 10.3. The standard InChI is InChI=1S/C19H28O5/c1-15(5-4-11-20)19(21)13-18(23-3)10-12-24-14-16-6-8-17(22-2)9-7-16/h4-9,11,15,18-19,21H,10,12-14H2,1-3H3/b5-4+/t15-,18-,19+/m0/s1. The average molecular weight is 336 g/mol. The van der Waals surface area contributed by atoms with Crippen LogP contribution in [-0.2, 0) is 20.9 Å². The van der Waals surface area contributed by atoms with E-state index in [4.69, 9.17) is 14.2 Å². The van der Waals surface area contributed by atoms with Crippen LogP contribution in [-0.4, -0.2) is 44.4 Å². The third-order valence-corrected chi connectivity index (χ3v) is 3.95. The van der Waals surface area contributed by atoms with Gasteiger partial charge in [-0.25, -0.2) is 0 Å². The van der Waals surface area contributed by atoms with Gasteiger partial charge in [0.2, 0.25) is 0 Å². The lowest BCUT2D eigenvalue weighted by molar-refractivity contribution is -0.104. The Morgan fingerprint density at radius 1 is 1.21 bits per heavy atom. The molecule has 1 rings (SSSR count). The molecular weight excluding hydrogens is 308 g/mol. The Bertz CT molecular complexity index is 483. The number of methoxy groups -OCH3 is 2. The molecule has 0 radical (unpaired) electrons. The maximum Gasteiger partial charge on any atom is 0.142 e. The molecule has 0 fully saturated rings. The quantitative estimate of drug-likeness (QED) is 0.361. The van der Waals surface area contributed by atoms with E-state index < -0.39 is 6.10 Å². The van der Waals surface area contributed by atoms with Crippen molar-refractivity contribution in [2.24, 2.45) is 5.92 Å². The van der Waals surface area contributed by atoms with E-state index in [0.29, 0.717) is 32.3 Å². The lowest BCUT2D eigenvalue weighted by Crippen LogP contribution is -2.25. The van der Waals surface area contributed by atoms with Crippen molar-refractivity contribution < 1.29 is 24.1 Å². The molecule has 0 aliphatic rings. The molecule has 0 heterocycles. The van der Waals surface area contributed by atoms with Gasteiger partial charge in [0.05, 0.1) is 25.9 Å². The van der Waals surface area contributed by atoms with Crippen molar-refractivity contribution in [3.05, 3.63) is 42.0 Å². The largest absolute Gasteiger partial charge is 0.497 e. The Morgan fingerprint density at radius 2 is 1.92 bits per heavy atom. The molecule has 0 bridgehead atoms. The summed E-state index contributed by atoms with van der Waals surface area (Å²) in [5.41, 5.74) is 1.08. The SMILES string of the molecule is COc1ccc(COCC[C@@H](C[C@@H](O)[C@@H](C)/C=C/C=O)OC)cc1. The number of allylic oxidation sites excluding steroid dienone is 1.